The first kappa shape index (κ1) is 14.5. The van der Waals surface area contributed by atoms with Crippen molar-refractivity contribution in [3.05, 3.63) is 0 Å². The zero-order valence-corrected chi connectivity index (χ0v) is 11.3. The minimum absolute atomic E-state index is 0.0484. The fourth-order valence-corrected chi connectivity index (χ4v) is 2.33. The molecule has 3 heteroatoms. The quantitative estimate of drug-likeness (QED) is 0.550. The Kier molecular flexibility index (Phi) is 7.25. The number of nitrogens with one attached hydrogen (secondary N) is 1. The number of esters is 1. The van der Waals surface area contributed by atoms with Crippen molar-refractivity contribution in [1.29, 1.82) is 0 Å². The molecule has 2 atom stereocenters. The van der Waals surface area contributed by atoms with E-state index in [1.807, 2.05) is 0 Å². The third-order valence-corrected chi connectivity index (χ3v) is 3.52. The molecule has 0 saturated carbocycles. The second-order valence-electron chi connectivity index (χ2n) is 5.13. The zero-order valence-electron chi connectivity index (χ0n) is 11.3. The fourth-order valence-electron chi connectivity index (χ4n) is 2.33. The van der Waals surface area contributed by atoms with Crippen LogP contribution >= 0.6 is 0 Å². The number of hydrogen-bond acceptors (Lipinski definition) is 3. The lowest BCUT2D eigenvalue weighted by Crippen LogP contribution is -2.46. The first-order valence-electron chi connectivity index (χ1n) is 7.15. The Morgan fingerprint density at radius 1 is 1.29 bits per heavy atom. The number of hydrogen-bond donors (Lipinski definition) is 1. The van der Waals surface area contributed by atoms with Gasteiger partial charge in [-0.05, 0) is 31.7 Å². The molecule has 0 bridgehead atoms. The molecule has 1 rings (SSSR count). The van der Waals surface area contributed by atoms with Crippen molar-refractivity contribution < 1.29 is 9.53 Å². The summed E-state index contributed by atoms with van der Waals surface area (Å²) in [7, 11) is 0. The van der Waals surface area contributed by atoms with Crippen molar-refractivity contribution in [2.24, 2.45) is 5.92 Å². The van der Waals surface area contributed by atoms with Crippen LogP contribution in [0.25, 0.3) is 0 Å². The van der Waals surface area contributed by atoms with Crippen LogP contribution in [0.2, 0.25) is 0 Å². The van der Waals surface area contributed by atoms with Crippen LogP contribution in [0.15, 0.2) is 0 Å². The summed E-state index contributed by atoms with van der Waals surface area (Å²) in [5.74, 6) is 0.365. The maximum atomic E-state index is 11.8. The average molecular weight is 241 g/mol. The summed E-state index contributed by atoms with van der Waals surface area (Å²) in [6.45, 7) is 5.86. The predicted octanol–water partition coefficient (Wildman–Crippen LogP) is 2.89. The molecule has 0 radical (unpaired) electrons. The van der Waals surface area contributed by atoms with Gasteiger partial charge >= 0.3 is 5.97 Å². The van der Waals surface area contributed by atoms with Gasteiger partial charge in [-0.15, -0.1) is 0 Å². The molecule has 17 heavy (non-hydrogen) atoms. The molecule has 0 aliphatic carbocycles. The highest BCUT2D eigenvalue weighted by atomic mass is 16.5. The van der Waals surface area contributed by atoms with Crippen LogP contribution in [-0.2, 0) is 9.53 Å². The van der Waals surface area contributed by atoms with Crippen LogP contribution < -0.4 is 5.32 Å². The van der Waals surface area contributed by atoms with E-state index in [2.05, 4.69) is 19.2 Å². The van der Waals surface area contributed by atoms with Gasteiger partial charge in [-0.25, -0.2) is 0 Å². The molecule has 0 aromatic rings. The van der Waals surface area contributed by atoms with Crippen molar-refractivity contribution in [2.75, 3.05) is 13.2 Å². The number of rotatable bonds is 7. The molecule has 3 nitrogen and oxygen atoms in total. The van der Waals surface area contributed by atoms with Gasteiger partial charge in [0.25, 0.3) is 0 Å². The second kappa shape index (κ2) is 8.51. The van der Waals surface area contributed by atoms with Crippen molar-refractivity contribution in [3.8, 4) is 0 Å². The van der Waals surface area contributed by atoms with Crippen LogP contribution in [-0.4, -0.2) is 25.2 Å². The maximum absolute atomic E-state index is 11.8. The topological polar surface area (TPSA) is 38.3 Å². The first-order valence-corrected chi connectivity index (χ1v) is 7.15. The number of piperidine rings is 1. The SMILES string of the molecule is CCCCCCCOC(=O)C1NCCCC1C. The van der Waals surface area contributed by atoms with Gasteiger partial charge in [-0.1, -0.05) is 39.5 Å². The molecule has 1 saturated heterocycles. The summed E-state index contributed by atoms with van der Waals surface area (Å²) in [6.07, 6.45) is 8.28. The third kappa shape index (κ3) is 5.53. The lowest BCUT2D eigenvalue weighted by molar-refractivity contribution is -0.148. The van der Waals surface area contributed by atoms with E-state index in [1.165, 1.54) is 32.1 Å². The molecular formula is C14H27NO2. The highest BCUT2D eigenvalue weighted by molar-refractivity contribution is 5.76. The molecule has 100 valence electrons. The number of unbranched alkanes of at least 4 members (excludes halogenated alkanes) is 4. The van der Waals surface area contributed by atoms with E-state index in [9.17, 15) is 4.79 Å². The van der Waals surface area contributed by atoms with E-state index in [1.54, 1.807) is 0 Å². The number of carbonyl (C=O) groups excluding carboxylic acids is 1. The normalized spacial score (nSPS) is 24.6. The molecule has 1 N–H and O–H groups in total. The van der Waals surface area contributed by atoms with Gasteiger partial charge in [0, 0.05) is 0 Å². The highest BCUT2D eigenvalue weighted by Crippen LogP contribution is 2.16. The summed E-state index contributed by atoms with van der Waals surface area (Å²) >= 11 is 0. The minimum Gasteiger partial charge on any atom is -0.465 e. The van der Waals surface area contributed by atoms with E-state index in [0.717, 1.165) is 19.4 Å². The van der Waals surface area contributed by atoms with Gasteiger partial charge in [0.1, 0.15) is 6.04 Å². The van der Waals surface area contributed by atoms with E-state index in [0.29, 0.717) is 12.5 Å². The Bertz CT molecular complexity index is 218. The molecule has 0 aromatic carbocycles. The second-order valence-corrected chi connectivity index (χ2v) is 5.13. The van der Waals surface area contributed by atoms with Crippen LogP contribution in [0.1, 0.15) is 58.8 Å². The van der Waals surface area contributed by atoms with Crippen LogP contribution in [0.5, 0.6) is 0 Å². The van der Waals surface area contributed by atoms with Gasteiger partial charge in [-0.3, -0.25) is 4.79 Å². The van der Waals surface area contributed by atoms with Gasteiger partial charge in [0.05, 0.1) is 6.61 Å². The summed E-state index contributed by atoms with van der Waals surface area (Å²) in [6, 6.07) is -0.0700. The summed E-state index contributed by atoms with van der Waals surface area (Å²) in [4.78, 5) is 11.8. The summed E-state index contributed by atoms with van der Waals surface area (Å²) in [5, 5.41) is 3.26. The Hall–Kier alpha value is -0.570. The molecule has 1 aliphatic rings. The molecule has 2 unspecified atom stereocenters. The van der Waals surface area contributed by atoms with Gasteiger partial charge in [-0.2, -0.15) is 0 Å². The summed E-state index contributed by atoms with van der Waals surface area (Å²) < 4.78 is 5.33. The molecule has 1 heterocycles. The lowest BCUT2D eigenvalue weighted by Gasteiger charge is -2.28. The van der Waals surface area contributed by atoms with E-state index >= 15 is 0 Å². The largest absolute Gasteiger partial charge is 0.465 e. The Morgan fingerprint density at radius 2 is 2.06 bits per heavy atom. The number of ether oxygens (including phenoxy) is 1. The molecule has 1 aliphatic heterocycles. The van der Waals surface area contributed by atoms with Crippen molar-refractivity contribution >= 4 is 5.97 Å². The van der Waals surface area contributed by atoms with E-state index < -0.39 is 0 Å². The van der Waals surface area contributed by atoms with E-state index in [-0.39, 0.29) is 12.0 Å². The van der Waals surface area contributed by atoms with Crippen LogP contribution in [0.3, 0.4) is 0 Å². The highest BCUT2D eigenvalue weighted by Gasteiger charge is 2.28. The van der Waals surface area contributed by atoms with E-state index in [4.69, 9.17) is 4.74 Å². The third-order valence-electron chi connectivity index (χ3n) is 3.52. The molecular weight excluding hydrogens is 214 g/mol. The smallest absolute Gasteiger partial charge is 0.323 e. The first-order chi connectivity index (χ1) is 8.25. The monoisotopic (exact) mass is 241 g/mol. The van der Waals surface area contributed by atoms with Gasteiger partial charge < -0.3 is 10.1 Å². The maximum Gasteiger partial charge on any atom is 0.323 e. The number of carbonyl (C=O) groups is 1. The van der Waals surface area contributed by atoms with Crippen LogP contribution in [0, 0.1) is 5.92 Å². The molecule has 0 amide bonds. The van der Waals surface area contributed by atoms with Gasteiger partial charge in [0.2, 0.25) is 0 Å². The Morgan fingerprint density at radius 3 is 2.76 bits per heavy atom. The summed E-state index contributed by atoms with van der Waals surface area (Å²) in [5.41, 5.74) is 0. The van der Waals surface area contributed by atoms with Crippen molar-refractivity contribution in [3.63, 3.8) is 0 Å². The lowest BCUT2D eigenvalue weighted by atomic mass is 9.93. The molecule has 0 aromatic heterocycles. The molecule has 1 fully saturated rings. The van der Waals surface area contributed by atoms with Crippen molar-refractivity contribution in [1.82, 2.24) is 5.32 Å². The minimum atomic E-state index is -0.0700. The standard InChI is InChI=1S/C14H27NO2/c1-3-4-5-6-7-11-17-14(16)13-12(2)9-8-10-15-13/h12-13,15H,3-11H2,1-2H3. The van der Waals surface area contributed by atoms with Gasteiger partial charge in [0.15, 0.2) is 0 Å². The Balaban J connectivity index is 2.07. The fraction of sp³-hybridized carbons (Fsp3) is 0.929. The zero-order chi connectivity index (χ0) is 12.5. The van der Waals surface area contributed by atoms with Crippen LogP contribution in [0.4, 0.5) is 0 Å². The van der Waals surface area contributed by atoms with Crippen molar-refractivity contribution in [2.45, 2.75) is 64.8 Å². The average Bonchev–Trinajstić information content (AvgIpc) is 2.34. The molecule has 0 spiro atoms. The predicted molar refractivity (Wildman–Crippen MR) is 69.9 cm³/mol. The Labute approximate surface area is 105 Å².